The lowest BCUT2D eigenvalue weighted by Gasteiger charge is -2.22. The second-order valence-corrected chi connectivity index (χ2v) is 7.25. The molecule has 0 amide bonds. The number of hydrogen-bond donors (Lipinski definition) is 2. The van der Waals surface area contributed by atoms with E-state index in [0.29, 0.717) is 5.56 Å². The monoisotopic (exact) mass is 334 g/mol. The van der Waals surface area contributed by atoms with E-state index in [0.717, 1.165) is 10.8 Å². The van der Waals surface area contributed by atoms with E-state index in [1.807, 2.05) is 0 Å². The number of aromatic nitrogens is 2. The molecule has 2 N–H and O–H groups in total. The topological polar surface area (TPSA) is 128 Å². The number of hydrogen-bond acceptors (Lipinski definition) is 7. The summed E-state index contributed by atoms with van der Waals surface area (Å²) < 4.78 is 33.4. The maximum atomic E-state index is 11.8. The van der Waals surface area contributed by atoms with E-state index in [4.69, 9.17) is 4.74 Å². The van der Waals surface area contributed by atoms with Crippen molar-refractivity contribution in [2.45, 2.75) is 38.2 Å². The first-order valence-electron chi connectivity index (χ1n) is 6.54. The summed E-state index contributed by atoms with van der Waals surface area (Å²) in [7, 11) is -3.67. The molecule has 0 bridgehead atoms. The van der Waals surface area contributed by atoms with E-state index in [9.17, 15) is 23.1 Å². The maximum absolute atomic E-state index is 11.8. The molecule has 9 nitrogen and oxygen atoms in total. The van der Waals surface area contributed by atoms with Crippen LogP contribution in [-0.4, -0.2) is 47.6 Å². The Morgan fingerprint density at radius 1 is 1.55 bits per heavy atom. The van der Waals surface area contributed by atoms with Crippen molar-refractivity contribution >= 4 is 10.1 Å². The molecule has 0 saturated carbocycles. The van der Waals surface area contributed by atoms with Crippen LogP contribution in [0.3, 0.4) is 0 Å². The summed E-state index contributed by atoms with van der Waals surface area (Å²) in [5, 5.41) is 10.3. The second kappa shape index (κ2) is 5.61. The first kappa shape index (κ1) is 16.9. The van der Waals surface area contributed by atoms with Crippen LogP contribution in [0.15, 0.2) is 15.8 Å². The second-order valence-electron chi connectivity index (χ2n) is 5.61. The Balaban J connectivity index is 2.24. The molecule has 0 aliphatic carbocycles. The van der Waals surface area contributed by atoms with Gasteiger partial charge in [-0.15, -0.1) is 0 Å². The number of nitrogens with one attached hydrogen (secondary N) is 1. The summed E-state index contributed by atoms with van der Waals surface area (Å²) in [6.07, 6.45) is 0.527. The van der Waals surface area contributed by atoms with E-state index in [-0.39, 0.29) is 13.0 Å². The number of nitrogens with zero attached hydrogens (tertiary/aromatic N) is 1. The Bertz CT molecular complexity index is 777. The summed E-state index contributed by atoms with van der Waals surface area (Å²) in [6, 6.07) is 0. The Kier molecular flexibility index (Phi) is 4.30. The standard InChI is InChI=1S/C12H18N2O7S/c1-7-5-14(11(16)13-10(7)15)9-4-12(2,17)8(21-9)6-20-22(3,18)19/h5,8-9,17H,4,6H2,1-3H3,(H,13,15,16)/t8-,9-,12-/m1/s1. The summed E-state index contributed by atoms with van der Waals surface area (Å²) >= 11 is 0. The molecule has 0 unspecified atom stereocenters. The van der Waals surface area contributed by atoms with Crippen LogP contribution in [-0.2, 0) is 19.0 Å². The molecule has 1 aliphatic heterocycles. The van der Waals surface area contributed by atoms with Gasteiger partial charge >= 0.3 is 5.69 Å². The molecule has 1 saturated heterocycles. The largest absolute Gasteiger partial charge is 0.387 e. The van der Waals surface area contributed by atoms with Crippen molar-refractivity contribution in [1.82, 2.24) is 9.55 Å². The third-order valence-corrected chi connectivity index (χ3v) is 4.06. The van der Waals surface area contributed by atoms with Crippen LogP contribution in [0.5, 0.6) is 0 Å². The molecule has 10 heteroatoms. The number of ether oxygens (including phenoxy) is 1. The zero-order chi connectivity index (χ0) is 16.7. The highest BCUT2D eigenvalue weighted by atomic mass is 32.2. The number of aliphatic hydroxyl groups is 1. The molecule has 22 heavy (non-hydrogen) atoms. The molecule has 1 aliphatic rings. The lowest BCUT2D eigenvalue weighted by atomic mass is 9.98. The number of aromatic amines is 1. The third-order valence-electron chi connectivity index (χ3n) is 3.49. The SMILES string of the molecule is Cc1cn([C@H]2C[C@@](C)(O)[C@@H](COS(C)(=O)=O)O2)c(=O)[nH]c1=O. The Morgan fingerprint density at radius 3 is 2.77 bits per heavy atom. The van der Waals surface area contributed by atoms with Crippen LogP contribution < -0.4 is 11.2 Å². The van der Waals surface area contributed by atoms with Crippen molar-refractivity contribution in [2.24, 2.45) is 0 Å². The Labute approximate surface area is 126 Å². The molecule has 1 aromatic heterocycles. The van der Waals surface area contributed by atoms with Gasteiger partial charge in [0.05, 0.1) is 18.5 Å². The highest BCUT2D eigenvalue weighted by molar-refractivity contribution is 7.85. The van der Waals surface area contributed by atoms with Gasteiger partial charge in [-0.05, 0) is 13.8 Å². The molecule has 0 aromatic carbocycles. The van der Waals surface area contributed by atoms with Gasteiger partial charge in [-0.2, -0.15) is 8.42 Å². The minimum Gasteiger partial charge on any atom is -0.387 e. The summed E-state index contributed by atoms with van der Waals surface area (Å²) in [5.41, 5.74) is -2.22. The van der Waals surface area contributed by atoms with Crippen LogP contribution >= 0.6 is 0 Å². The van der Waals surface area contributed by atoms with Gasteiger partial charge in [0.1, 0.15) is 12.3 Å². The summed E-state index contributed by atoms with van der Waals surface area (Å²) in [4.78, 5) is 25.3. The lowest BCUT2D eigenvalue weighted by Crippen LogP contribution is -2.38. The molecular formula is C12H18N2O7S. The van der Waals surface area contributed by atoms with Crippen LogP contribution in [0.1, 0.15) is 25.1 Å². The highest BCUT2D eigenvalue weighted by Gasteiger charge is 2.45. The molecule has 2 heterocycles. The van der Waals surface area contributed by atoms with E-state index < -0.39 is 39.3 Å². The predicted molar refractivity (Wildman–Crippen MR) is 76.0 cm³/mol. The lowest BCUT2D eigenvalue weighted by molar-refractivity contribution is -0.0696. The fourth-order valence-corrected chi connectivity index (χ4v) is 2.61. The smallest absolute Gasteiger partial charge is 0.330 e. The molecule has 0 radical (unpaired) electrons. The van der Waals surface area contributed by atoms with Crippen LogP contribution in [0.2, 0.25) is 0 Å². The van der Waals surface area contributed by atoms with Crippen molar-refractivity contribution in [3.8, 4) is 0 Å². The van der Waals surface area contributed by atoms with Gasteiger partial charge in [-0.1, -0.05) is 0 Å². The minimum atomic E-state index is -3.67. The van der Waals surface area contributed by atoms with E-state index in [1.54, 1.807) is 0 Å². The molecule has 2 rings (SSSR count). The van der Waals surface area contributed by atoms with Crippen molar-refractivity contribution in [1.29, 1.82) is 0 Å². The third kappa shape index (κ3) is 3.64. The highest BCUT2D eigenvalue weighted by Crippen LogP contribution is 2.36. The number of aryl methyl sites for hydroxylation is 1. The number of H-pyrrole nitrogens is 1. The van der Waals surface area contributed by atoms with Crippen LogP contribution in [0, 0.1) is 6.92 Å². The predicted octanol–water partition coefficient (Wildman–Crippen LogP) is -1.14. The molecule has 3 atom stereocenters. The van der Waals surface area contributed by atoms with Crippen molar-refractivity contribution in [2.75, 3.05) is 12.9 Å². The van der Waals surface area contributed by atoms with E-state index >= 15 is 0 Å². The van der Waals surface area contributed by atoms with Crippen molar-refractivity contribution in [3.05, 3.63) is 32.6 Å². The first-order valence-corrected chi connectivity index (χ1v) is 8.35. The molecule has 0 spiro atoms. The van der Waals surface area contributed by atoms with Gasteiger partial charge in [0.15, 0.2) is 0 Å². The normalized spacial score (nSPS) is 28.9. The number of rotatable bonds is 4. The Morgan fingerprint density at radius 2 is 2.18 bits per heavy atom. The first-order chi connectivity index (χ1) is 9.99. The van der Waals surface area contributed by atoms with Crippen molar-refractivity contribution < 1.29 is 22.4 Å². The average Bonchev–Trinajstić information content (AvgIpc) is 2.65. The summed E-state index contributed by atoms with van der Waals surface area (Å²) in [6.45, 7) is 2.64. The Hall–Kier alpha value is -1.49. The van der Waals surface area contributed by atoms with E-state index in [2.05, 4.69) is 9.17 Å². The zero-order valence-corrected chi connectivity index (χ0v) is 13.2. The molecule has 1 aromatic rings. The maximum Gasteiger partial charge on any atom is 0.330 e. The molecule has 124 valence electrons. The summed E-state index contributed by atoms with van der Waals surface area (Å²) in [5.74, 6) is 0. The van der Waals surface area contributed by atoms with E-state index in [1.165, 1.54) is 20.0 Å². The fourth-order valence-electron chi connectivity index (χ4n) is 2.24. The van der Waals surface area contributed by atoms with Gasteiger partial charge in [0.25, 0.3) is 15.7 Å². The fraction of sp³-hybridized carbons (Fsp3) is 0.667. The van der Waals surface area contributed by atoms with Crippen molar-refractivity contribution in [3.63, 3.8) is 0 Å². The van der Waals surface area contributed by atoms with Crippen LogP contribution in [0.4, 0.5) is 0 Å². The van der Waals surface area contributed by atoms with Gasteiger partial charge in [0, 0.05) is 18.2 Å². The van der Waals surface area contributed by atoms with Gasteiger partial charge in [0.2, 0.25) is 0 Å². The molecule has 1 fully saturated rings. The quantitative estimate of drug-likeness (QED) is 0.666. The van der Waals surface area contributed by atoms with Crippen LogP contribution in [0.25, 0.3) is 0 Å². The van der Waals surface area contributed by atoms with Gasteiger partial charge in [-0.25, -0.2) is 4.79 Å². The average molecular weight is 334 g/mol. The van der Waals surface area contributed by atoms with Gasteiger partial charge in [-0.3, -0.25) is 18.5 Å². The zero-order valence-electron chi connectivity index (χ0n) is 12.4. The molecular weight excluding hydrogens is 316 g/mol. The minimum absolute atomic E-state index is 0.0518. The van der Waals surface area contributed by atoms with Gasteiger partial charge < -0.3 is 9.84 Å².